The number of guanidine groups is 1. The minimum Gasteiger partial charge on any atom is -0.340 e. The number of hydrogen-bond donors (Lipinski definition) is 1. The van der Waals surface area contributed by atoms with E-state index in [2.05, 4.69) is 58.1 Å². The second kappa shape index (κ2) is 9.51. The second-order valence-electron chi connectivity index (χ2n) is 9.64. The van der Waals surface area contributed by atoms with Gasteiger partial charge in [-0.1, -0.05) is 47.5 Å². The standard InChI is InChI=1S/C26H31ClN6O2/c1-17-7-8-18(2)20(13-17)16-33-22-23(30(3)26(35)29-24(22)34)28-25(33)32-11-9-31(10-12-32)15-19-5-4-6-21(27)14-19/h4-8,13-14,22-23H,9-12,15-16H2,1-3H3,(H,29,34,35). The number of hydrogen-bond acceptors (Lipinski definition) is 6. The second-order valence-corrected chi connectivity index (χ2v) is 10.1. The van der Waals surface area contributed by atoms with E-state index in [0.29, 0.717) is 6.54 Å². The summed E-state index contributed by atoms with van der Waals surface area (Å²) in [6.07, 6.45) is -0.527. The summed E-state index contributed by atoms with van der Waals surface area (Å²) in [6.45, 7) is 8.90. The number of likely N-dealkylation sites (N-methyl/N-ethyl adjacent to an activating group) is 1. The summed E-state index contributed by atoms with van der Waals surface area (Å²) in [5, 5.41) is 3.25. The Morgan fingerprint density at radius 3 is 2.54 bits per heavy atom. The van der Waals surface area contributed by atoms with Gasteiger partial charge in [0.1, 0.15) is 0 Å². The van der Waals surface area contributed by atoms with E-state index in [4.69, 9.17) is 16.6 Å². The smallest absolute Gasteiger partial charge is 0.325 e. The molecule has 3 aliphatic heterocycles. The van der Waals surface area contributed by atoms with Gasteiger partial charge in [-0.3, -0.25) is 15.0 Å². The third kappa shape index (κ3) is 4.73. The van der Waals surface area contributed by atoms with Gasteiger partial charge >= 0.3 is 6.03 Å². The molecule has 0 radical (unpaired) electrons. The van der Waals surface area contributed by atoms with Gasteiger partial charge in [0.2, 0.25) is 0 Å². The molecule has 3 heterocycles. The lowest BCUT2D eigenvalue weighted by Crippen LogP contribution is -2.64. The molecule has 2 aromatic carbocycles. The minimum absolute atomic E-state index is 0.290. The lowest BCUT2D eigenvalue weighted by atomic mass is 10.0. The van der Waals surface area contributed by atoms with Gasteiger partial charge in [0.25, 0.3) is 5.91 Å². The number of halogens is 1. The van der Waals surface area contributed by atoms with Crippen LogP contribution in [0.5, 0.6) is 0 Å². The van der Waals surface area contributed by atoms with Crippen molar-refractivity contribution in [3.05, 3.63) is 69.7 Å². The SMILES string of the molecule is Cc1ccc(C)c(CN2C(N3CCN(Cc4cccc(Cl)c4)CC3)=NC3C2C(=O)NC(=O)N3C)c1. The van der Waals surface area contributed by atoms with Crippen molar-refractivity contribution in [1.29, 1.82) is 0 Å². The van der Waals surface area contributed by atoms with Crippen molar-refractivity contribution in [1.82, 2.24) is 24.9 Å². The Labute approximate surface area is 211 Å². The van der Waals surface area contributed by atoms with Gasteiger partial charge < -0.3 is 14.7 Å². The molecule has 2 unspecified atom stereocenters. The molecule has 0 saturated carbocycles. The van der Waals surface area contributed by atoms with Gasteiger partial charge in [-0.25, -0.2) is 9.79 Å². The van der Waals surface area contributed by atoms with E-state index < -0.39 is 18.2 Å². The van der Waals surface area contributed by atoms with Crippen LogP contribution >= 0.6 is 11.6 Å². The van der Waals surface area contributed by atoms with Gasteiger partial charge in [0, 0.05) is 51.3 Å². The number of amides is 3. The molecule has 8 nitrogen and oxygen atoms in total. The van der Waals surface area contributed by atoms with Gasteiger partial charge in [0.05, 0.1) is 0 Å². The fourth-order valence-electron chi connectivity index (χ4n) is 5.10. The molecular weight excluding hydrogens is 464 g/mol. The first-order chi connectivity index (χ1) is 16.8. The molecule has 2 saturated heterocycles. The minimum atomic E-state index is -0.544. The van der Waals surface area contributed by atoms with Crippen molar-refractivity contribution in [3.63, 3.8) is 0 Å². The van der Waals surface area contributed by atoms with Crippen molar-refractivity contribution in [2.75, 3.05) is 33.2 Å². The summed E-state index contributed by atoms with van der Waals surface area (Å²) in [5.74, 6) is 0.502. The molecule has 184 valence electrons. The van der Waals surface area contributed by atoms with E-state index in [1.807, 2.05) is 18.2 Å². The van der Waals surface area contributed by atoms with Gasteiger partial charge in [-0.05, 0) is 42.7 Å². The van der Waals surface area contributed by atoms with Crippen molar-refractivity contribution >= 4 is 29.5 Å². The van der Waals surface area contributed by atoms with Crippen LogP contribution in [-0.4, -0.2) is 82.9 Å². The van der Waals surface area contributed by atoms with E-state index in [1.54, 1.807) is 7.05 Å². The summed E-state index contributed by atoms with van der Waals surface area (Å²) < 4.78 is 0. The number of carbonyl (C=O) groups excluding carboxylic acids is 2. The third-order valence-corrected chi connectivity index (χ3v) is 7.37. The number of aliphatic imine (C=N–C) groups is 1. The molecular formula is C26H31ClN6O2. The van der Waals surface area contributed by atoms with Crippen LogP contribution in [0.2, 0.25) is 5.02 Å². The number of fused-ring (bicyclic) bond motifs is 1. The number of urea groups is 1. The summed E-state index contributed by atoms with van der Waals surface area (Å²) >= 11 is 6.16. The van der Waals surface area contributed by atoms with Gasteiger partial charge in [-0.2, -0.15) is 0 Å². The average molecular weight is 495 g/mol. The Bertz CT molecular complexity index is 1180. The predicted octanol–water partition coefficient (Wildman–Crippen LogP) is 2.82. The molecule has 1 N–H and O–H groups in total. The fraction of sp³-hybridized carbons (Fsp3) is 0.423. The maximum atomic E-state index is 13.0. The summed E-state index contributed by atoms with van der Waals surface area (Å²) in [6, 6.07) is 13.4. The predicted molar refractivity (Wildman–Crippen MR) is 136 cm³/mol. The Hall–Kier alpha value is -3.10. The number of nitrogens with one attached hydrogen (secondary N) is 1. The summed E-state index contributed by atoms with van der Waals surface area (Å²) in [5.41, 5.74) is 4.70. The molecule has 0 spiro atoms. The van der Waals surface area contributed by atoms with Crippen molar-refractivity contribution in [2.45, 2.75) is 39.1 Å². The van der Waals surface area contributed by atoms with Crippen LogP contribution in [0.15, 0.2) is 47.5 Å². The molecule has 0 bridgehead atoms. The molecule has 0 aromatic heterocycles. The van der Waals surface area contributed by atoms with E-state index >= 15 is 0 Å². The molecule has 2 atom stereocenters. The zero-order valence-electron chi connectivity index (χ0n) is 20.4. The first-order valence-corrected chi connectivity index (χ1v) is 12.4. The lowest BCUT2D eigenvalue weighted by Gasteiger charge is -2.40. The Kier molecular flexibility index (Phi) is 6.42. The van der Waals surface area contributed by atoms with Crippen LogP contribution in [-0.2, 0) is 17.9 Å². The van der Waals surface area contributed by atoms with E-state index in [0.717, 1.165) is 49.3 Å². The maximum absolute atomic E-state index is 13.0. The van der Waals surface area contributed by atoms with Crippen LogP contribution < -0.4 is 5.32 Å². The van der Waals surface area contributed by atoms with E-state index in [-0.39, 0.29) is 5.91 Å². The summed E-state index contributed by atoms with van der Waals surface area (Å²) in [4.78, 5) is 38.5. The monoisotopic (exact) mass is 494 g/mol. The van der Waals surface area contributed by atoms with Crippen LogP contribution in [0, 0.1) is 13.8 Å². The first-order valence-electron chi connectivity index (χ1n) is 12.0. The molecule has 2 aromatic rings. The van der Waals surface area contributed by atoms with E-state index in [1.165, 1.54) is 21.6 Å². The number of carbonyl (C=O) groups is 2. The van der Waals surface area contributed by atoms with Crippen molar-refractivity contribution in [2.24, 2.45) is 4.99 Å². The highest BCUT2D eigenvalue weighted by Gasteiger charge is 2.49. The fourth-order valence-corrected chi connectivity index (χ4v) is 5.31. The molecule has 3 amide bonds. The van der Waals surface area contributed by atoms with Crippen molar-refractivity contribution in [3.8, 4) is 0 Å². The van der Waals surface area contributed by atoms with Crippen LogP contribution in [0.25, 0.3) is 0 Å². The molecule has 5 rings (SSSR count). The number of rotatable bonds is 4. The lowest BCUT2D eigenvalue weighted by molar-refractivity contribution is -0.127. The number of nitrogens with zero attached hydrogens (tertiary/aromatic N) is 5. The molecule has 0 aliphatic carbocycles. The van der Waals surface area contributed by atoms with Gasteiger partial charge in [0.15, 0.2) is 18.2 Å². The number of imide groups is 1. The largest absolute Gasteiger partial charge is 0.340 e. The zero-order valence-corrected chi connectivity index (χ0v) is 21.1. The quantitative estimate of drug-likeness (QED) is 0.707. The normalized spacial score (nSPS) is 22.9. The topological polar surface area (TPSA) is 71.5 Å². The first kappa shape index (κ1) is 23.6. The Morgan fingerprint density at radius 2 is 1.80 bits per heavy atom. The number of piperazine rings is 1. The molecule has 3 aliphatic rings. The van der Waals surface area contributed by atoms with Crippen LogP contribution in [0.1, 0.15) is 22.3 Å². The number of aryl methyl sites for hydroxylation is 2. The highest BCUT2D eigenvalue weighted by molar-refractivity contribution is 6.30. The van der Waals surface area contributed by atoms with E-state index in [9.17, 15) is 9.59 Å². The average Bonchev–Trinajstić information content (AvgIpc) is 3.20. The maximum Gasteiger partial charge on any atom is 0.325 e. The Balaban J connectivity index is 1.37. The molecule has 9 heteroatoms. The number of benzene rings is 2. The van der Waals surface area contributed by atoms with Crippen LogP contribution in [0.3, 0.4) is 0 Å². The highest BCUT2D eigenvalue weighted by atomic mass is 35.5. The third-order valence-electron chi connectivity index (χ3n) is 7.13. The summed E-state index contributed by atoms with van der Waals surface area (Å²) in [7, 11) is 1.70. The Morgan fingerprint density at radius 1 is 1.03 bits per heavy atom. The zero-order chi connectivity index (χ0) is 24.7. The van der Waals surface area contributed by atoms with Crippen LogP contribution in [0.4, 0.5) is 4.79 Å². The molecule has 2 fully saturated rings. The van der Waals surface area contributed by atoms with Gasteiger partial charge in [-0.15, -0.1) is 0 Å². The van der Waals surface area contributed by atoms with Crippen molar-refractivity contribution < 1.29 is 9.59 Å². The molecule has 35 heavy (non-hydrogen) atoms. The highest BCUT2D eigenvalue weighted by Crippen LogP contribution is 2.29.